The van der Waals surface area contributed by atoms with Crippen molar-refractivity contribution in [3.8, 4) is 0 Å². The zero-order valence-corrected chi connectivity index (χ0v) is 10.2. The molecule has 0 atom stereocenters. The Balaban J connectivity index is -0.0000000600. The summed E-state index contributed by atoms with van der Waals surface area (Å²) in [6.07, 6.45) is 1.06. The third-order valence-corrected chi connectivity index (χ3v) is 0.407. The molecule has 0 aliphatic rings. The van der Waals surface area contributed by atoms with E-state index in [1.807, 2.05) is 0 Å². The van der Waals surface area contributed by atoms with Crippen molar-refractivity contribution in [2.45, 2.75) is 13.8 Å². The number of allylic oxidation sites excluding steroid dienone is 2. The smallest absolute Gasteiger partial charge is 0.151 e. The van der Waals surface area contributed by atoms with Crippen LogP contribution in [0.3, 0.4) is 0 Å². The number of hydrogen-bond donors (Lipinski definition) is 0. The fourth-order valence-corrected chi connectivity index (χ4v) is 0.286. The number of hydrogen-bond acceptors (Lipinski definition) is 5. The molecule has 0 amide bonds. The van der Waals surface area contributed by atoms with Gasteiger partial charge in [-0.1, -0.05) is 6.92 Å². The number of ketones is 1. The Hall–Kier alpha value is -0.343. The molecule has 0 aromatic rings. The molecule has 0 fully saturated rings. The van der Waals surface area contributed by atoms with Gasteiger partial charge in [0.2, 0.25) is 0 Å². The van der Waals surface area contributed by atoms with Crippen molar-refractivity contribution in [2.24, 2.45) is 0 Å². The first-order valence-corrected chi connectivity index (χ1v) is 2.53. The number of carbonyl (C=O) groups is 1. The van der Waals surface area contributed by atoms with Crippen LogP contribution < -0.4 is 5.11 Å². The minimum absolute atomic E-state index is 0. The Morgan fingerprint density at radius 3 is 1.46 bits per heavy atom. The van der Waals surface area contributed by atoms with Crippen molar-refractivity contribution in [1.82, 2.24) is 0 Å². The Morgan fingerprint density at radius 2 is 1.46 bits per heavy atom. The average Bonchev–Trinajstić information content (AvgIpc) is 1.56. The molecule has 6 nitrogen and oxygen atoms in total. The molecule has 0 spiro atoms. The van der Waals surface area contributed by atoms with Gasteiger partial charge in [0.05, 0.1) is 5.09 Å². The molecule has 0 aromatic carbocycles. The summed E-state index contributed by atoms with van der Waals surface area (Å²) < 4.78 is 0. The standard InChI is InChI=1S/C5H8O2.NO3.2Ru/c1-4(6)3-5(2)7;2-1(3)4;;/h3,6H,1-2H3;;;/q;-1;;/p-1/b4-3-;;;. The van der Waals surface area contributed by atoms with Gasteiger partial charge in [0, 0.05) is 39.0 Å². The van der Waals surface area contributed by atoms with E-state index in [1.54, 1.807) is 0 Å². The van der Waals surface area contributed by atoms with Gasteiger partial charge < -0.3 is 20.4 Å². The van der Waals surface area contributed by atoms with Gasteiger partial charge >= 0.3 is 0 Å². The molecule has 80 valence electrons. The Morgan fingerprint density at radius 1 is 1.23 bits per heavy atom. The second-order valence-corrected chi connectivity index (χ2v) is 1.59. The van der Waals surface area contributed by atoms with E-state index in [0.29, 0.717) is 0 Å². The van der Waals surface area contributed by atoms with Crippen LogP contribution in [0.1, 0.15) is 13.8 Å². The van der Waals surface area contributed by atoms with Crippen LogP contribution in [-0.2, 0) is 43.8 Å². The molecular weight excluding hydrogens is 356 g/mol. The van der Waals surface area contributed by atoms with Gasteiger partial charge in [-0.15, -0.1) is 5.76 Å². The summed E-state index contributed by atoms with van der Waals surface area (Å²) >= 11 is 0. The van der Waals surface area contributed by atoms with E-state index in [0.717, 1.165) is 6.08 Å². The van der Waals surface area contributed by atoms with Crippen molar-refractivity contribution < 1.29 is 53.9 Å². The third kappa shape index (κ3) is 81.3. The van der Waals surface area contributed by atoms with E-state index >= 15 is 0 Å². The van der Waals surface area contributed by atoms with Crippen molar-refractivity contribution in [2.75, 3.05) is 0 Å². The summed E-state index contributed by atoms with van der Waals surface area (Å²) in [5.74, 6) is -0.375. The van der Waals surface area contributed by atoms with Gasteiger partial charge in [-0.2, -0.15) is 0 Å². The third-order valence-electron chi connectivity index (χ3n) is 0.407. The molecule has 0 saturated heterocycles. The molecule has 0 rings (SSSR count). The first kappa shape index (κ1) is 22.9. The van der Waals surface area contributed by atoms with E-state index in [2.05, 4.69) is 0 Å². The summed E-state index contributed by atoms with van der Waals surface area (Å²) in [5, 5.41) is 24.7. The van der Waals surface area contributed by atoms with Gasteiger partial charge in [-0.05, 0) is 13.0 Å². The summed E-state index contributed by atoms with van der Waals surface area (Å²) in [6, 6.07) is 0. The van der Waals surface area contributed by atoms with Crippen LogP contribution >= 0.6 is 0 Å². The predicted molar refractivity (Wildman–Crippen MR) is 34.8 cm³/mol. The van der Waals surface area contributed by atoms with Gasteiger partial charge in [-0.25, -0.2) is 0 Å². The fraction of sp³-hybridized carbons (Fsp3) is 0.400. The Labute approximate surface area is 101 Å². The summed E-state index contributed by atoms with van der Waals surface area (Å²) in [7, 11) is 0. The number of rotatable bonds is 1. The molecular formula is C5H7NO5Ru2-2. The summed E-state index contributed by atoms with van der Waals surface area (Å²) in [4.78, 5) is 18.2. The van der Waals surface area contributed by atoms with Gasteiger partial charge in [-0.3, -0.25) is 4.79 Å². The van der Waals surface area contributed by atoms with Crippen LogP contribution in [0.2, 0.25) is 0 Å². The number of nitrogens with zero attached hydrogens (tertiary/aromatic N) is 1. The molecule has 0 saturated carbocycles. The average molecular weight is 363 g/mol. The normalized spacial score (nSPS) is 8.00. The van der Waals surface area contributed by atoms with Crippen LogP contribution in [0.15, 0.2) is 11.8 Å². The van der Waals surface area contributed by atoms with E-state index in [9.17, 15) is 9.90 Å². The molecule has 0 aliphatic carbocycles. The van der Waals surface area contributed by atoms with Gasteiger partial charge in [0.25, 0.3) is 0 Å². The van der Waals surface area contributed by atoms with Crippen LogP contribution in [-0.4, -0.2) is 10.9 Å². The van der Waals surface area contributed by atoms with E-state index in [1.165, 1.54) is 13.8 Å². The Kier molecular flexibility index (Phi) is 25.1. The zero-order chi connectivity index (χ0) is 9.44. The topological polar surface area (TPSA) is 106 Å². The molecule has 0 N–H and O–H groups in total. The van der Waals surface area contributed by atoms with Crippen LogP contribution in [0.5, 0.6) is 0 Å². The SMILES string of the molecule is CC(=O)/C=C(/C)[O-].O=[N+]([O-])[O-].[Ru].[Ru]. The molecule has 0 bridgehead atoms. The van der Waals surface area contributed by atoms with Crippen molar-refractivity contribution >= 4 is 5.78 Å². The molecule has 8 heteroatoms. The largest absolute Gasteiger partial charge is 0.876 e. The second-order valence-electron chi connectivity index (χ2n) is 1.59. The monoisotopic (exact) mass is 365 g/mol. The Bertz CT molecular complexity index is 174. The van der Waals surface area contributed by atoms with Crippen LogP contribution in [0, 0.1) is 15.3 Å². The summed E-state index contributed by atoms with van der Waals surface area (Å²) in [5.41, 5.74) is 0. The molecule has 0 heterocycles. The number of carbonyl (C=O) groups excluding carboxylic acids is 1. The maximum absolute atomic E-state index is 9.98. The maximum Gasteiger partial charge on any atom is 0.151 e. The van der Waals surface area contributed by atoms with Crippen LogP contribution in [0.4, 0.5) is 0 Å². The fourth-order valence-electron chi connectivity index (χ4n) is 0.286. The molecule has 0 radical (unpaired) electrons. The van der Waals surface area contributed by atoms with Gasteiger partial charge in [0.15, 0.2) is 5.78 Å². The van der Waals surface area contributed by atoms with Crippen molar-refractivity contribution in [1.29, 1.82) is 0 Å². The molecule has 0 aliphatic heterocycles. The summed E-state index contributed by atoms with van der Waals surface area (Å²) in [6.45, 7) is 2.70. The molecule has 0 aromatic heterocycles. The maximum atomic E-state index is 9.98. The molecule has 13 heavy (non-hydrogen) atoms. The van der Waals surface area contributed by atoms with Gasteiger partial charge in [0.1, 0.15) is 0 Å². The quantitative estimate of drug-likeness (QED) is 0.207. The zero-order valence-electron chi connectivity index (χ0n) is 6.77. The minimum atomic E-state index is -1.75. The predicted octanol–water partition coefficient (Wildman–Crippen LogP) is -0.405. The first-order valence-electron chi connectivity index (χ1n) is 2.53. The van der Waals surface area contributed by atoms with E-state index in [-0.39, 0.29) is 50.5 Å². The van der Waals surface area contributed by atoms with E-state index < -0.39 is 5.09 Å². The van der Waals surface area contributed by atoms with Crippen molar-refractivity contribution in [3.05, 3.63) is 27.2 Å². The van der Waals surface area contributed by atoms with E-state index in [4.69, 9.17) is 15.3 Å². The first-order chi connectivity index (χ1) is 4.86. The van der Waals surface area contributed by atoms with Crippen molar-refractivity contribution in [3.63, 3.8) is 0 Å². The second kappa shape index (κ2) is 14.2. The molecule has 0 unspecified atom stereocenters. The van der Waals surface area contributed by atoms with Crippen LogP contribution in [0.25, 0.3) is 0 Å². The minimum Gasteiger partial charge on any atom is -0.876 e.